The fourth-order valence-corrected chi connectivity index (χ4v) is 2.92. The molecule has 1 aromatic rings. The first-order chi connectivity index (χ1) is 8.52. The first-order valence-corrected chi connectivity index (χ1v) is 6.86. The van der Waals surface area contributed by atoms with Crippen LogP contribution >= 0.6 is 11.3 Å². The quantitative estimate of drug-likeness (QED) is 0.891. The van der Waals surface area contributed by atoms with Crippen molar-refractivity contribution in [2.24, 2.45) is 0 Å². The molecule has 18 heavy (non-hydrogen) atoms. The molecule has 1 saturated heterocycles. The zero-order chi connectivity index (χ0) is 13.3. The first kappa shape index (κ1) is 13.0. The van der Waals surface area contributed by atoms with Crippen molar-refractivity contribution in [3.63, 3.8) is 0 Å². The van der Waals surface area contributed by atoms with Crippen molar-refractivity contribution >= 4 is 23.2 Å². The molecular formula is C12H17N3O2S. The zero-order valence-corrected chi connectivity index (χ0v) is 11.6. The summed E-state index contributed by atoms with van der Waals surface area (Å²) < 4.78 is 0. The van der Waals surface area contributed by atoms with Gasteiger partial charge in [0.25, 0.3) is 0 Å². The van der Waals surface area contributed by atoms with Crippen molar-refractivity contribution < 1.29 is 9.59 Å². The third-order valence-corrected chi connectivity index (χ3v) is 3.95. The van der Waals surface area contributed by atoms with E-state index < -0.39 is 6.04 Å². The molecule has 0 radical (unpaired) electrons. The molecular weight excluding hydrogens is 250 g/mol. The Bertz CT molecular complexity index is 472. The molecule has 2 heterocycles. The second kappa shape index (κ2) is 5.06. The molecule has 0 saturated carbocycles. The van der Waals surface area contributed by atoms with Crippen molar-refractivity contribution in [1.29, 1.82) is 0 Å². The van der Waals surface area contributed by atoms with Crippen LogP contribution in [0.4, 0.5) is 0 Å². The number of hydrogen-bond acceptors (Lipinski definition) is 4. The molecule has 0 aromatic carbocycles. The Morgan fingerprint density at radius 2 is 2.22 bits per heavy atom. The molecule has 98 valence electrons. The lowest BCUT2D eigenvalue weighted by molar-refractivity contribution is -0.149. The average Bonchev–Trinajstić information content (AvgIpc) is 2.72. The van der Waals surface area contributed by atoms with Gasteiger partial charge in [-0.1, -0.05) is 6.92 Å². The number of nitrogens with zero attached hydrogens (tertiary/aromatic N) is 2. The summed E-state index contributed by atoms with van der Waals surface area (Å²) in [6.45, 7) is 6.03. The van der Waals surface area contributed by atoms with Gasteiger partial charge in [-0.25, -0.2) is 4.98 Å². The van der Waals surface area contributed by atoms with Crippen molar-refractivity contribution in [1.82, 2.24) is 15.2 Å². The fraction of sp³-hybridized carbons (Fsp3) is 0.583. The van der Waals surface area contributed by atoms with Gasteiger partial charge in [-0.05, 0) is 20.3 Å². The maximum Gasteiger partial charge on any atom is 0.245 e. The van der Waals surface area contributed by atoms with Gasteiger partial charge in [0.05, 0.1) is 6.54 Å². The number of thiazole rings is 1. The zero-order valence-electron chi connectivity index (χ0n) is 10.8. The van der Waals surface area contributed by atoms with Gasteiger partial charge in [0.15, 0.2) is 0 Å². The Morgan fingerprint density at radius 3 is 2.78 bits per heavy atom. The van der Waals surface area contributed by atoms with Gasteiger partial charge in [0, 0.05) is 11.1 Å². The van der Waals surface area contributed by atoms with Crippen LogP contribution in [0.25, 0.3) is 0 Å². The van der Waals surface area contributed by atoms with Crippen LogP contribution in [0.2, 0.25) is 0 Å². The van der Waals surface area contributed by atoms with Crippen LogP contribution in [0, 0.1) is 6.92 Å². The molecule has 0 bridgehead atoms. The smallest absolute Gasteiger partial charge is 0.245 e. The number of carbonyl (C=O) groups excluding carboxylic acids is 2. The highest BCUT2D eigenvalue weighted by atomic mass is 32.1. The van der Waals surface area contributed by atoms with Crippen LogP contribution in [-0.2, 0) is 16.1 Å². The van der Waals surface area contributed by atoms with Gasteiger partial charge < -0.3 is 10.2 Å². The van der Waals surface area contributed by atoms with Gasteiger partial charge in [-0.2, -0.15) is 0 Å². The van der Waals surface area contributed by atoms with Crippen LogP contribution in [0.5, 0.6) is 0 Å². The molecule has 1 fully saturated rings. The minimum absolute atomic E-state index is 0.0331. The summed E-state index contributed by atoms with van der Waals surface area (Å²) in [7, 11) is 0. The third-order valence-electron chi connectivity index (χ3n) is 3.05. The van der Waals surface area contributed by atoms with Gasteiger partial charge in [0.1, 0.15) is 17.1 Å². The summed E-state index contributed by atoms with van der Waals surface area (Å²) >= 11 is 1.56. The molecule has 0 spiro atoms. The van der Waals surface area contributed by atoms with Crippen molar-refractivity contribution in [3.8, 4) is 0 Å². The number of carbonyl (C=O) groups is 2. The van der Waals surface area contributed by atoms with Crippen molar-refractivity contribution in [3.05, 3.63) is 16.1 Å². The topological polar surface area (TPSA) is 62.3 Å². The molecule has 5 nitrogen and oxygen atoms in total. The minimum atomic E-state index is -0.443. The van der Waals surface area contributed by atoms with Crippen LogP contribution < -0.4 is 5.32 Å². The maximum absolute atomic E-state index is 12.1. The summed E-state index contributed by atoms with van der Waals surface area (Å²) in [6.07, 6.45) is 2.41. The molecule has 0 aliphatic carbocycles. The molecule has 1 aromatic heterocycles. The molecule has 2 unspecified atom stereocenters. The van der Waals surface area contributed by atoms with E-state index >= 15 is 0 Å². The fourth-order valence-electron chi connectivity index (χ4n) is 2.13. The van der Waals surface area contributed by atoms with E-state index in [0.29, 0.717) is 13.0 Å². The van der Waals surface area contributed by atoms with Gasteiger partial charge in [-0.15, -0.1) is 11.3 Å². The molecule has 2 amide bonds. The second-order valence-electron chi connectivity index (χ2n) is 4.49. The highest BCUT2D eigenvalue weighted by molar-refractivity contribution is 7.11. The van der Waals surface area contributed by atoms with E-state index in [1.165, 1.54) is 0 Å². The second-order valence-corrected chi connectivity index (χ2v) is 5.80. The Hall–Kier alpha value is -1.43. The molecule has 2 rings (SSSR count). The summed E-state index contributed by atoms with van der Waals surface area (Å²) in [4.78, 5) is 31.0. The highest BCUT2D eigenvalue weighted by Gasteiger charge is 2.37. The standard InChI is InChI=1S/C12H17N3O2S/c1-4-9-11(16)14-8(3)12(17)15(9)6-10-13-5-7(2)18-10/h5,8-9H,4,6H2,1-3H3,(H,14,16). The predicted molar refractivity (Wildman–Crippen MR) is 69.1 cm³/mol. The van der Waals surface area contributed by atoms with E-state index in [1.54, 1.807) is 29.4 Å². The van der Waals surface area contributed by atoms with Crippen molar-refractivity contribution in [2.75, 3.05) is 0 Å². The molecule has 1 N–H and O–H groups in total. The van der Waals surface area contributed by atoms with Crippen LogP contribution in [0.15, 0.2) is 6.20 Å². The summed E-state index contributed by atoms with van der Waals surface area (Å²) in [5.41, 5.74) is 0. The largest absolute Gasteiger partial charge is 0.343 e. The third kappa shape index (κ3) is 2.38. The number of aromatic nitrogens is 1. The van der Waals surface area contributed by atoms with Crippen molar-refractivity contribution in [2.45, 2.75) is 45.8 Å². The Morgan fingerprint density at radius 1 is 1.50 bits per heavy atom. The summed E-state index contributed by atoms with van der Waals surface area (Å²) in [6, 6.07) is -0.820. The van der Waals surface area contributed by atoms with E-state index in [0.717, 1.165) is 9.88 Å². The normalized spacial score (nSPS) is 24.3. The van der Waals surface area contributed by atoms with Gasteiger partial charge in [-0.3, -0.25) is 9.59 Å². The summed E-state index contributed by atoms with van der Waals surface area (Å²) in [5.74, 6) is -0.104. The van der Waals surface area contributed by atoms with Crippen LogP contribution in [-0.4, -0.2) is 33.8 Å². The lowest BCUT2D eigenvalue weighted by Gasteiger charge is -2.37. The SMILES string of the molecule is CCC1C(=O)NC(C)C(=O)N1Cc1ncc(C)s1. The van der Waals surface area contributed by atoms with Crippen LogP contribution in [0.3, 0.4) is 0 Å². The number of nitrogens with one attached hydrogen (secondary N) is 1. The monoisotopic (exact) mass is 267 g/mol. The van der Waals surface area contributed by atoms with Crippen LogP contribution in [0.1, 0.15) is 30.2 Å². The minimum Gasteiger partial charge on any atom is -0.343 e. The van der Waals surface area contributed by atoms with Gasteiger partial charge in [0.2, 0.25) is 11.8 Å². The lowest BCUT2D eigenvalue weighted by atomic mass is 10.1. The van der Waals surface area contributed by atoms with E-state index in [9.17, 15) is 9.59 Å². The predicted octanol–water partition coefficient (Wildman–Crippen LogP) is 1.08. The Balaban J connectivity index is 2.20. The van der Waals surface area contributed by atoms with E-state index in [1.807, 2.05) is 13.8 Å². The van der Waals surface area contributed by atoms with E-state index in [4.69, 9.17) is 0 Å². The number of piperazine rings is 1. The molecule has 1 aliphatic heterocycles. The Kier molecular flexibility index (Phi) is 3.65. The van der Waals surface area contributed by atoms with E-state index in [-0.39, 0.29) is 17.9 Å². The maximum atomic E-state index is 12.1. The highest BCUT2D eigenvalue weighted by Crippen LogP contribution is 2.19. The number of hydrogen-bond donors (Lipinski definition) is 1. The number of aryl methyl sites for hydroxylation is 1. The number of rotatable bonds is 3. The number of amides is 2. The summed E-state index contributed by atoms with van der Waals surface area (Å²) in [5, 5.41) is 3.58. The lowest BCUT2D eigenvalue weighted by Crippen LogP contribution is -2.61. The molecule has 1 aliphatic rings. The van der Waals surface area contributed by atoms with E-state index in [2.05, 4.69) is 10.3 Å². The molecule has 6 heteroatoms. The first-order valence-electron chi connectivity index (χ1n) is 6.05. The average molecular weight is 267 g/mol. The van der Waals surface area contributed by atoms with Gasteiger partial charge >= 0.3 is 0 Å². The molecule has 2 atom stereocenters. The Labute approximate surface area is 110 Å².